The van der Waals surface area contributed by atoms with Crippen molar-refractivity contribution in [1.82, 2.24) is 0 Å². The maximum absolute atomic E-state index is 12.0. The molecule has 0 atom stereocenters. The zero-order valence-corrected chi connectivity index (χ0v) is 16.3. The summed E-state index contributed by atoms with van der Waals surface area (Å²) in [6.45, 7) is 8.50. The molecule has 0 amide bonds. The first kappa shape index (κ1) is 20.6. The summed E-state index contributed by atoms with van der Waals surface area (Å²) >= 11 is 0. The van der Waals surface area contributed by atoms with Crippen LogP contribution >= 0.6 is 0 Å². The zero-order chi connectivity index (χ0) is 19.8. The van der Waals surface area contributed by atoms with E-state index in [1.807, 2.05) is 52.0 Å². The molecule has 0 saturated carbocycles. The zero-order valence-electron chi connectivity index (χ0n) is 16.3. The molecule has 0 N–H and O–H groups in total. The largest absolute Gasteiger partial charge is 0.460 e. The van der Waals surface area contributed by atoms with E-state index in [4.69, 9.17) is 14.2 Å². The van der Waals surface area contributed by atoms with Crippen LogP contribution in [0.1, 0.15) is 43.0 Å². The summed E-state index contributed by atoms with van der Waals surface area (Å²) in [4.78, 5) is 24.0. The van der Waals surface area contributed by atoms with E-state index in [-0.39, 0.29) is 38.4 Å². The van der Waals surface area contributed by atoms with Crippen molar-refractivity contribution in [3.63, 3.8) is 0 Å². The van der Waals surface area contributed by atoms with Crippen LogP contribution in [0.15, 0.2) is 36.4 Å². The number of hydrogen-bond acceptors (Lipinski definition) is 5. The average Bonchev–Trinajstić information content (AvgIpc) is 2.60. The highest BCUT2D eigenvalue weighted by Crippen LogP contribution is 2.12. The predicted molar refractivity (Wildman–Crippen MR) is 103 cm³/mol. The maximum Gasteiger partial charge on any atom is 0.338 e. The van der Waals surface area contributed by atoms with Gasteiger partial charge in [0.15, 0.2) is 0 Å². The van der Waals surface area contributed by atoms with Gasteiger partial charge < -0.3 is 14.2 Å². The van der Waals surface area contributed by atoms with Crippen molar-refractivity contribution in [2.45, 2.75) is 27.7 Å². The SMILES string of the molecule is Cc1ccc(C(=O)OCCOCCOC(=O)c2ccc(C)cc2C)c(C)c1. The second-order valence-corrected chi connectivity index (χ2v) is 6.52. The molecule has 0 aliphatic heterocycles. The molecule has 0 spiro atoms. The lowest BCUT2D eigenvalue weighted by molar-refractivity contribution is 0.0150. The van der Waals surface area contributed by atoms with Gasteiger partial charge in [0.2, 0.25) is 0 Å². The lowest BCUT2D eigenvalue weighted by Gasteiger charge is -2.09. The number of carbonyl (C=O) groups is 2. The van der Waals surface area contributed by atoms with E-state index in [1.54, 1.807) is 12.1 Å². The molecule has 0 aliphatic carbocycles. The molecule has 0 fully saturated rings. The Morgan fingerprint density at radius 2 is 1.07 bits per heavy atom. The maximum atomic E-state index is 12.0. The molecule has 5 nitrogen and oxygen atoms in total. The highest BCUT2D eigenvalue weighted by molar-refractivity contribution is 5.91. The van der Waals surface area contributed by atoms with Gasteiger partial charge in [-0.15, -0.1) is 0 Å². The Balaban J connectivity index is 1.63. The molecular formula is C22H26O5. The first-order valence-electron chi connectivity index (χ1n) is 8.95. The Labute approximate surface area is 160 Å². The summed E-state index contributed by atoms with van der Waals surface area (Å²) in [6.07, 6.45) is 0. The minimum atomic E-state index is -0.364. The second kappa shape index (κ2) is 9.88. The molecule has 0 saturated heterocycles. The molecular weight excluding hydrogens is 344 g/mol. The van der Waals surface area contributed by atoms with Gasteiger partial charge in [-0.25, -0.2) is 9.59 Å². The Morgan fingerprint density at radius 1 is 0.667 bits per heavy atom. The fourth-order valence-electron chi connectivity index (χ4n) is 2.73. The van der Waals surface area contributed by atoms with Gasteiger partial charge in [-0.1, -0.05) is 35.4 Å². The number of hydrogen-bond donors (Lipinski definition) is 0. The first-order chi connectivity index (χ1) is 12.9. The number of aryl methyl sites for hydroxylation is 4. The lowest BCUT2D eigenvalue weighted by atomic mass is 10.1. The van der Waals surface area contributed by atoms with Gasteiger partial charge >= 0.3 is 11.9 Å². The molecule has 144 valence electrons. The van der Waals surface area contributed by atoms with E-state index in [0.29, 0.717) is 11.1 Å². The van der Waals surface area contributed by atoms with Gasteiger partial charge in [-0.3, -0.25) is 0 Å². The third-order valence-electron chi connectivity index (χ3n) is 4.13. The average molecular weight is 370 g/mol. The van der Waals surface area contributed by atoms with Crippen LogP contribution in [0.4, 0.5) is 0 Å². The van der Waals surface area contributed by atoms with Crippen LogP contribution in [0.3, 0.4) is 0 Å². The van der Waals surface area contributed by atoms with E-state index in [1.165, 1.54) is 0 Å². The molecule has 0 unspecified atom stereocenters. The van der Waals surface area contributed by atoms with Crippen LogP contribution in [-0.4, -0.2) is 38.4 Å². The van der Waals surface area contributed by atoms with Gasteiger partial charge in [0.25, 0.3) is 0 Å². The molecule has 2 rings (SSSR count). The van der Waals surface area contributed by atoms with Crippen LogP contribution in [0, 0.1) is 27.7 Å². The number of ether oxygens (including phenoxy) is 3. The molecule has 0 bridgehead atoms. The normalized spacial score (nSPS) is 10.5. The van der Waals surface area contributed by atoms with Crippen molar-refractivity contribution < 1.29 is 23.8 Å². The first-order valence-corrected chi connectivity index (χ1v) is 8.95. The third-order valence-corrected chi connectivity index (χ3v) is 4.13. The number of esters is 2. The molecule has 0 heterocycles. The van der Waals surface area contributed by atoms with Gasteiger partial charge in [-0.05, 0) is 51.0 Å². The highest BCUT2D eigenvalue weighted by Gasteiger charge is 2.11. The van der Waals surface area contributed by atoms with Crippen molar-refractivity contribution in [3.8, 4) is 0 Å². The predicted octanol–water partition coefficient (Wildman–Crippen LogP) is 3.95. The Hall–Kier alpha value is -2.66. The Morgan fingerprint density at radius 3 is 1.44 bits per heavy atom. The third kappa shape index (κ3) is 6.22. The summed E-state index contributed by atoms with van der Waals surface area (Å²) in [5, 5.41) is 0. The van der Waals surface area contributed by atoms with Crippen LogP contribution in [0.25, 0.3) is 0 Å². The summed E-state index contributed by atoms with van der Waals surface area (Å²) in [6, 6.07) is 11.2. The topological polar surface area (TPSA) is 61.8 Å². The van der Waals surface area contributed by atoms with Crippen LogP contribution < -0.4 is 0 Å². The molecule has 2 aromatic carbocycles. The van der Waals surface area contributed by atoms with Gasteiger partial charge in [0, 0.05) is 0 Å². The van der Waals surface area contributed by atoms with Crippen LogP contribution in [0.2, 0.25) is 0 Å². The quantitative estimate of drug-likeness (QED) is 0.520. The number of carbonyl (C=O) groups excluding carboxylic acids is 2. The summed E-state index contributed by atoms with van der Waals surface area (Å²) in [7, 11) is 0. The van der Waals surface area contributed by atoms with Crippen molar-refractivity contribution in [1.29, 1.82) is 0 Å². The fraction of sp³-hybridized carbons (Fsp3) is 0.364. The van der Waals surface area contributed by atoms with Crippen molar-refractivity contribution in [2.75, 3.05) is 26.4 Å². The molecule has 0 aromatic heterocycles. The summed E-state index contributed by atoms with van der Waals surface area (Å²) < 4.78 is 15.8. The molecule has 27 heavy (non-hydrogen) atoms. The number of benzene rings is 2. The summed E-state index contributed by atoms with van der Waals surface area (Å²) in [5.74, 6) is -0.727. The second-order valence-electron chi connectivity index (χ2n) is 6.52. The molecule has 2 aromatic rings. The van der Waals surface area contributed by atoms with Crippen molar-refractivity contribution >= 4 is 11.9 Å². The molecule has 5 heteroatoms. The van der Waals surface area contributed by atoms with Crippen LogP contribution in [0.5, 0.6) is 0 Å². The fourth-order valence-corrected chi connectivity index (χ4v) is 2.73. The summed E-state index contributed by atoms with van der Waals surface area (Å²) in [5.41, 5.74) is 5.09. The number of rotatable bonds is 8. The van der Waals surface area contributed by atoms with Crippen LogP contribution in [-0.2, 0) is 14.2 Å². The van der Waals surface area contributed by atoms with Crippen molar-refractivity contribution in [2.24, 2.45) is 0 Å². The molecule has 0 radical (unpaired) electrons. The van der Waals surface area contributed by atoms with E-state index in [2.05, 4.69) is 0 Å². The van der Waals surface area contributed by atoms with Gasteiger partial charge in [-0.2, -0.15) is 0 Å². The van der Waals surface area contributed by atoms with Gasteiger partial charge in [0.1, 0.15) is 13.2 Å². The molecule has 0 aliphatic rings. The lowest BCUT2D eigenvalue weighted by Crippen LogP contribution is -2.15. The van der Waals surface area contributed by atoms with E-state index in [9.17, 15) is 9.59 Å². The smallest absolute Gasteiger partial charge is 0.338 e. The Kier molecular flexibility index (Phi) is 7.55. The Bertz CT molecular complexity index is 743. The minimum absolute atomic E-state index is 0.150. The standard InChI is InChI=1S/C22H26O5/c1-15-5-7-19(17(3)13-15)21(23)26-11-9-25-10-12-27-22(24)20-8-6-16(2)14-18(20)4/h5-8,13-14H,9-12H2,1-4H3. The monoisotopic (exact) mass is 370 g/mol. The highest BCUT2D eigenvalue weighted by atomic mass is 16.6. The van der Waals surface area contributed by atoms with Crippen molar-refractivity contribution in [3.05, 3.63) is 69.8 Å². The van der Waals surface area contributed by atoms with E-state index in [0.717, 1.165) is 22.3 Å². The van der Waals surface area contributed by atoms with Gasteiger partial charge in [0.05, 0.1) is 24.3 Å². The van der Waals surface area contributed by atoms with E-state index < -0.39 is 0 Å². The van der Waals surface area contributed by atoms with E-state index >= 15 is 0 Å². The minimum Gasteiger partial charge on any atom is -0.460 e.